The number of esters is 1. The Labute approximate surface area is 134 Å². The van der Waals surface area contributed by atoms with Crippen molar-refractivity contribution < 1.29 is 26.9 Å². The first-order valence-electron chi connectivity index (χ1n) is 6.83. The summed E-state index contributed by atoms with van der Waals surface area (Å²) in [4.78, 5) is 12.0. The van der Waals surface area contributed by atoms with Crippen molar-refractivity contribution >= 4 is 16.1 Å². The van der Waals surface area contributed by atoms with Crippen molar-refractivity contribution in [2.75, 3.05) is 13.7 Å². The molecular weight excluding hydrogens is 320 g/mol. The van der Waals surface area contributed by atoms with Crippen LogP contribution in [0.2, 0.25) is 0 Å². The lowest BCUT2D eigenvalue weighted by Crippen LogP contribution is -2.14. The molecule has 0 N–H and O–H groups in total. The highest BCUT2D eigenvalue weighted by Gasteiger charge is 2.25. The van der Waals surface area contributed by atoms with Crippen molar-refractivity contribution in [1.29, 1.82) is 0 Å². The number of rotatable bonds is 6. The molecule has 7 heteroatoms. The van der Waals surface area contributed by atoms with E-state index in [1.165, 1.54) is 31.4 Å². The highest BCUT2D eigenvalue weighted by atomic mass is 32.2. The predicted octanol–water partition coefficient (Wildman–Crippen LogP) is 2.64. The van der Waals surface area contributed by atoms with Gasteiger partial charge in [0.25, 0.3) is 0 Å². The van der Waals surface area contributed by atoms with Gasteiger partial charge in [-0.05, 0) is 31.2 Å². The quantitative estimate of drug-likeness (QED) is 0.596. The van der Waals surface area contributed by atoms with Gasteiger partial charge in [-0.1, -0.05) is 24.3 Å². The molecule has 0 aromatic heterocycles. The van der Waals surface area contributed by atoms with E-state index in [1.807, 2.05) is 0 Å². The third kappa shape index (κ3) is 3.81. The fraction of sp³-hybridized carbons (Fsp3) is 0.188. The Morgan fingerprint density at radius 3 is 2.35 bits per heavy atom. The molecule has 0 atom stereocenters. The van der Waals surface area contributed by atoms with Crippen molar-refractivity contribution in [3.8, 4) is 11.5 Å². The maximum atomic E-state index is 12.4. The van der Waals surface area contributed by atoms with E-state index in [0.717, 1.165) is 0 Å². The van der Waals surface area contributed by atoms with Gasteiger partial charge in [-0.25, -0.2) is 4.79 Å². The van der Waals surface area contributed by atoms with Crippen molar-refractivity contribution in [3.63, 3.8) is 0 Å². The van der Waals surface area contributed by atoms with Gasteiger partial charge in [0.2, 0.25) is 0 Å². The van der Waals surface area contributed by atoms with Crippen LogP contribution in [0.25, 0.3) is 0 Å². The summed E-state index contributed by atoms with van der Waals surface area (Å²) in [5.41, 5.74) is -0.0225. The average Bonchev–Trinajstić information content (AvgIpc) is 2.55. The van der Waals surface area contributed by atoms with E-state index in [4.69, 9.17) is 13.7 Å². The maximum absolute atomic E-state index is 12.4. The standard InChI is InChI=1S/C16H16O6S/c1-3-21-16(17)13-10-7-11-14(20-2)15(13)22-23(18,19)12-8-5-4-6-9-12/h4-11H,3H2,1-2H3. The molecule has 2 rings (SSSR count). The van der Waals surface area contributed by atoms with Crippen LogP contribution in [0.3, 0.4) is 0 Å². The first-order chi connectivity index (χ1) is 11.0. The summed E-state index contributed by atoms with van der Waals surface area (Å²) in [7, 11) is -2.75. The summed E-state index contributed by atoms with van der Waals surface area (Å²) in [6.45, 7) is 1.81. The van der Waals surface area contributed by atoms with Crippen molar-refractivity contribution in [1.82, 2.24) is 0 Å². The fourth-order valence-electron chi connectivity index (χ4n) is 1.88. The number of methoxy groups -OCH3 is 1. The second-order valence-corrected chi connectivity index (χ2v) is 5.95. The van der Waals surface area contributed by atoms with Gasteiger partial charge in [-0.15, -0.1) is 0 Å². The van der Waals surface area contributed by atoms with Gasteiger partial charge >= 0.3 is 16.1 Å². The smallest absolute Gasteiger partial charge is 0.342 e. The SMILES string of the molecule is CCOC(=O)c1cccc(OC)c1OS(=O)(=O)c1ccccc1. The maximum Gasteiger partial charge on any atom is 0.342 e. The molecule has 0 saturated heterocycles. The number of carbonyl (C=O) groups excluding carboxylic acids is 1. The summed E-state index contributed by atoms with van der Waals surface area (Å²) in [5.74, 6) is -0.767. The molecule has 0 unspecified atom stereocenters. The second kappa shape index (κ2) is 7.15. The lowest BCUT2D eigenvalue weighted by Gasteiger charge is -2.14. The van der Waals surface area contributed by atoms with Gasteiger partial charge in [0.1, 0.15) is 10.5 Å². The molecule has 0 aliphatic rings. The number of benzene rings is 2. The Morgan fingerprint density at radius 2 is 1.74 bits per heavy atom. The van der Waals surface area contributed by atoms with Gasteiger partial charge in [0.05, 0.1) is 13.7 Å². The van der Waals surface area contributed by atoms with E-state index >= 15 is 0 Å². The first kappa shape index (κ1) is 16.8. The average molecular weight is 336 g/mol. The van der Waals surface area contributed by atoms with Crippen LogP contribution in [0.4, 0.5) is 0 Å². The predicted molar refractivity (Wildman–Crippen MR) is 83.2 cm³/mol. The minimum Gasteiger partial charge on any atom is -0.493 e. The van der Waals surface area contributed by atoms with Crippen LogP contribution < -0.4 is 8.92 Å². The van der Waals surface area contributed by atoms with Crippen LogP contribution in [0, 0.1) is 0 Å². The van der Waals surface area contributed by atoms with E-state index in [1.54, 1.807) is 31.2 Å². The normalized spacial score (nSPS) is 10.9. The lowest BCUT2D eigenvalue weighted by molar-refractivity contribution is 0.0524. The van der Waals surface area contributed by atoms with E-state index < -0.39 is 16.1 Å². The molecule has 23 heavy (non-hydrogen) atoms. The molecule has 0 saturated carbocycles. The minimum absolute atomic E-state index is 0.0225. The molecule has 0 radical (unpaired) electrons. The van der Waals surface area contributed by atoms with Crippen LogP contribution >= 0.6 is 0 Å². The largest absolute Gasteiger partial charge is 0.493 e. The monoisotopic (exact) mass is 336 g/mol. The van der Waals surface area contributed by atoms with Crippen molar-refractivity contribution in [3.05, 3.63) is 54.1 Å². The number of hydrogen-bond acceptors (Lipinski definition) is 6. The summed E-state index contributed by atoms with van der Waals surface area (Å²) >= 11 is 0. The van der Waals surface area contributed by atoms with Gasteiger partial charge in [0.15, 0.2) is 11.5 Å². The number of carbonyl (C=O) groups is 1. The fourth-order valence-corrected chi connectivity index (χ4v) is 2.86. The third-order valence-corrected chi connectivity index (χ3v) is 4.15. The Balaban J connectivity index is 2.48. The molecule has 0 amide bonds. The third-order valence-electron chi connectivity index (χ3n) is 2.92. The van der Waals surface area contributed by atoms with Gasteiger partial charge in [0, 0.05) is 0 Å². The Bertz CT molecular complexity index is 783. The molecule has 122 valence electrons. The molecule has 0 spiro atoms. The van der Waals surface area contributed by atoms with E-state index in [9.17, 15) is 13.2 Å². The zero-order chi connectivity index (χ0) is 16.9. The van der Waals surface area contributed by atoms with Gasteiger partial charge < -0.3 is 13.7 Å². The van der Waals surface area contributed by atoms with Crippen molar-refractivity contribution in [2.24, 2.45) is 0 Å². The Morgan fingerprint density at radius 1 is 1.04 bits per heavy atom. The number of para-hydroxylation sites is 1. The molecule has 0 aliphatic heterocycles. The summed E-state index contributed by atoms with van der Waals surface area (Å²) in [6, 6.07) is 12.1. The van der Waals surface area contributed by atoms with Crippen LogP contribution in [0.1, 0.15) is 17.3 Å². The minimum atomic E-state index is -4.10. The number of hydrogen-bond donors (Lipinski definition) is 0. The molecular formula is C16H16O6S. The lowest BCUT2D eigenvalue weighted by atomic mass is 10.2. The van der Waals surface area contributed by atoms with E-state index in [0.29, 0.717) is 0 Å². The van der Waals surface area contributed by atoms with Crippen LogP contribution in [-0.4, -0.2) is 28.1 Å². The highest BCUT2D eigenvalue weighted by molar-refractivity contribution is 7.87. The summed E-state index contributed by atoms with van der Waals surface area (Å²) in [6.07, 6.45) is 0. The highest BCUT2D eigenvalue weighted by Crippen LogP contribution is 2.34. The summed E-state index contributed by atoms with van der Waals surface area (Å²) < 4.78 is 39.9. The molecule has 6 nitrogen and oxygen atoms in total. The van der Waals surface area contributed by atoms with Gasteiger partial charge in [-0.2, -0.15) is 8.42 Å². The van der Waals surface area contributed by atoms with Crippen LogP contribution in [0.15, 0.2) is 53.4 Å². The Kier molecular flexibility index (Phi) is 5.23. The van der Waals surface area contributed by atoms with Crippen molar-refractivity contribution in [2.45, 2.75) is 11.8 Å². The molecule has 0 bridgehead atoms. The second-order valence-electron chi connectivity index (χ2n) is 4.41. The van der Waals surface area contributed by atoms with Crippen LogP contribution in [0.5, 0.6) is 11.5 Å². The summed E-state index contributed by atoms with van der Waals surface area (Å²) in [5, 5.41) is 0. The molecule has 2 aromatic carbocycles. The van der Waals surface area contributed by atoms with Gasteiger partial charge in [-0.3, -0.25) is 0 Å². The zero-order valence-corrected chi connectivity index (χ0v) is 13.5. The molecule has 0 aliphatic carbocycles. The number of ether oxygens (including phenoxy) is 2. The topological polar surface area (TPSA) is 78.9 Å². The first-order valence-corrected chi connectivity index (χ1v) is 8.24. The molecule has 0 fully saturated rings. The van der Waals surface area contributed by atoms with E-state index in [2.05, 4.69) is 0 Å². The van der Waals surface area contributed by atoms with Crippen LogP contribution in [-0.2, 0) is 14.9 Å². The van der Waals surface area contributed by atoms with E-state index in [-0.39, 0.29) is 28.6 Å². The molecule has 0 heterocycles. The molecule has 2 aromatic rings. The Hall–Kier alpha value is -2.54. The zero-order valence-electron chi connectivity index (χ0n) is 12.7.